The van der Waals surface area contributed by atoms with E-state index in [1.807, 2.05) is 0 Å². The maximum Gasteiger partial charge on any atom is 0.337 e. The monoisotopic (exact) mass is 358 g/mol. The third-order valence-corrected chi connectivity index (χ3v) is 9.53. The zero-order valence-electron chi connectivity index (χ0n) is 16.6. The van der Waals surface area contributed by atoms with Crippen LogP contribution >= 0.6 is 0 Å². The van der Waals surface area contributed by atoms with Gasteiger partial charge in [-0.1, -0.05) is 20.8 Å². The molecule has 26 heavy (non-hydrogen) atoms. The first kappa shape index (κ1) is 18.4. The molecular formula is C22H34N2O2. The molecule has 0 amide bonds. The van der Waals surface area contributed by atoms with Crippen LogP contribution in [0.3, 0.4) is 0 Å². The van der Waals surface area contributed by atoms with E-state index in [0.29, 0.717) is 41.9 Å². The van der Waals surface area contributed by atoms with Gasteiger partial charge in [0.25, 0.3) is 0 Å². The van der Waals surface area contributed by atoms with Crippen LogP contribution in [0.15, 0.2) is 0 Å². The van der Waals surface area contributed by atoms with E-state index in [9.17, 15) is 15.4 Å². The number of hydrogen-bond donors (Lipinski definition) is 1. The van der Waals surface area contributed by atoms with E-state index < -0.39 is 0 Å². The van der Waals surface area contributed by atoms with Crippen LogP contribution in [0.25, 0.3) is 5.53 Å². The average Bonchev–Trinajstić information content (AvgIpc) is 2.99. The number of nitrogens with zero attached hydrogens (tertiary/aromatic N) is 2. The first-order valence-electron chi connectivity index (χ1n) is 10.7. The van der Waals surface area contributed by atoms with Crippen molar-refractivity contribution in [2.75, 3.05) is 6.61 Å². The van der Waals surface area contributed by atoms with E-state index in [-0.39, 0.29) is 17.1 Å². The zero-order valence-corrected chi connectivity index (χ0v) is 16.6. The normalized spacial score (nSPS) is 49.0. The second-order valence-electron chi connectivity index (χ2n) is 10.3. The number of Topliss-reactive ketones (excluding diaryl/α,β-unsaturated/α-hetero) is 1. The summed E-state index contributed by atoms with van der Waals surface area (Å²) < 4.78 is 0. The Labute approximate surface area is 157 Å². The van der Waals surface area contributed by atoms with Crippen LogP contribution in [-0.4, -0.2) is 28.0 Å². The standard InChI is InChI=1S/C22H34N2O2/c1-13(12-25)15-6-7-16-14-4-5-18-20(24-23)19(26)9-11-22(18,3)17(14)8-10-21(15,16)2/h13-18,25H,4-12H2,1-3H3/t13-,14+,15+,16+,17+,18-,21-,22+/m0/s1. The molecule has 0 bridgehead atoms. The van der Waals surface area contributed by atoms with Crippen LogP contribution in [0.5, 0.6) is 0 Å². The van der Waals surface area contributed by atoms with Gasteiger partial charge in [0.05, 0.1) is 5.92 Å². The highest BCUT2D eigenvalue weighted by Gasteiger charge is 2.63. The van der Waals surface area contributed by atoms with E-state index in [1.54, 1.807) is 0 Å². The topological polar surface area (TPSA) is 73.7 Å². The summed E-state index contributed by atoms with van der Waals surface area (Å²) in [6.07, 6.45) is 8.69. The van der Waals surface area contributed by atoms with Gasteiger partial charge in [-0.2, -0.15) is 4.79 Å². The van der Waals surface area contributed by atoms with Crippen molar-refractivity contribution in [3.8, 4) is 0 Å². The number of hydrogen-bond acceptors (Lipinski definition) is 2. The maximum atomic E-state index is 12.3. The Bertz CT molecular complexity index is 655. The van der Waals surface area contributed by atoms with Gasteiger partial charge < -0.3 is 10.6 Å². The molecule has 0 saturated heterocycles. The Morgan fingerprint density at radius 2 is 1.85 bits per heavy atom. The fraction of sp³-hybridized carbons (Fsp3) is 0.909. The second kappa shape index (κ2) is 6.27. The van der Waals surface area contributed by atoms with Crippen molar-refractivity contribution in [3.63, 3.8) is 0 Å². The summed E-state index contributed by atoms with van der Waals surface area (Å²) in [6, 6.07) is 0. The highest BCUT2D eigenvalue weighted by atomic mass is 16.3. The Morgan fingerprint density at radius 1 is 1.12 bits per heavy atom. The van der Waals surface area contributed by atoms with Gasteiger partial charge in [-0.25, -0.2) is 0 Å². The van der Waals surface area contributed by atoms with E-state index in [4.69, 9.17) is 0 Å². The van der Waals surface area contributed by atoms with Gasteiger partial charge in [-0.05, 0) is 85.4 Å². The van der Waals surface area contributed by atoms with E-state index in [0.717, 1.165) is 31.1 Å². The number of fused-ring (bicyclic) bond motifs is 5. The van der Waals surface area contributed by atoms with E-state index >= 15 is 0 Å². The molecule has 144 valence electrons. The molecule has 4 nitrogen and oxygen atoms in total. The van der Waals surface area contributed by atoms with Gasteiger partial charge in [-0.3, -0.25) is 4.79 Å². The van der Waals surface area contributed by atoms with Crippen LogP contribution in [0.4, 0.5) is 0 Å². The third kappa shape index (κ3) is 2.34. The average molecular weight is 359 g/mol. The van der Waals surface area contributed by atoms with Crippen LogP contribution in [0, 0.1) is 46.3 Å². The van der Waals surface area contributed by atoms with Crippen LogP contribution in [-0.2, 0) is 4.79 Å². The third-order valence-electron chi connectivity index (χ3n) is 9.53. The molecule has 4 aliphatic carbocycles. The summed E-state index contributed by atoms with van der Waals surface area (Å²) in [6.45, 7) is 7.40. The Kier molecular flexibility index (Phi) is 4.44. The molecule has 4 heteroatoms. The molecule has 0 aromatic heterocycles. The first-order valence-corrected chi connectivity index (χ1v) is 10.7. The number of carbonyl (C=O) groups excluding carboxylic acids is 1. The van der Waals surface area contributed by atoms with Gasteiger partial charge in [0.1, 0.15) is 0 Å². The van der Waals surface area contributed by atoms with Crippen LogP contribution < -0.4 is 0 Å². The van der Waals surface area contributed by atoms with Crippen molar-refractivity contribution < 1.29 is 14.7 Å². The smallest absolute Gasteiger partial charge is 0.337 e. The highest BCUT2D eigenvalue weighted by Crippen LogP contribution is 2.67. The number of rotatable bonds is 2. The van der Waals surface area contributed by atoms with Crippen molar-refractivity contribution in [3.05, 3.63) is 5.53 Å². The maximum absolute atomic E-state index is 12.3. The number of carbonyl (C=O) groups is 1. The van der Waals surface area contributed by atoms with Crippen molar-refractivity contribution in [2.24, 2.45) is 46.3 Å². The predicted octanol–water partition coefficient (Wildman–Crippen LogP) is 4.12. The minimum atomic E-state index is 0.0618. The van der Waals surface area contributed by atoms with Crippen molar-refractivity contribution >= 4 is 11.5 Å². The zero-order chi connectivity index (χ0) is 18.7. The van der Waals surface area contributed by atoms with Crippen LogP contribution in [0.2, 0.25) is 0 Å². The molecule has 1 N–H and O–H groups in total. The van der Waals surface area contributed by atoms with Crippen molar-refractivity contribution in [1.29, 1.82) is 0 Å². The summed E-state index contributed by atoms with van der Waals surface area (Å²) in [7, 11) is 0. The SMILES string of the molecule is C[C@@H](CO)[C@H]1CC[C@@H]2[C@H]3CC[C@H]4C(=[N+]=[N-])C(=O)CC[C@]4(C)[C@@H]3CC[C@]21C. The Hall–Kier alpha value is -0.990. The van der Waals surface area contributed by atoms with Crippen molar-refractivity contribution in [1.82, 2.24) is 0 Å². The lowest BCUT2D eigenvalue weighted by Crippen LogP contribution is -2.56. The minimum absolute atomic E-state index is 0.0618. The predicted molar refractivity (Wildman–Crippen MR) is 100 cm³/mol. The molecule has 0 heterocycles. The molecule has 0 radical (unpaired) electrons. The molecule has 0 spiro atoms. The molecule has 0 unspecified atom stereocenters. The van der Waals surface area contributed by atoms with Gasteiger partial charge >= 0.3 is 5.71 Å². The molecular weight excluding hydrogens is 324 g/mol. The number of ketones is 1. The Morgan fingerprint density at radius 3 is 2.54 bits per heavy atom. The largest absolute Gasteiger partial charge is 0.396 e. The summed E-state index contributed by atoms with van der Waals surface area (Å²) >= 11 is 0. The quantitative estimate of drug-likeness (QED) is 0.595. The Balaban J connectivity index is 1.64. The van der Waals surface area contributed by atoms with E-state index in [1.165, 1.54) is 25.7 Å². The second-order valence-corrected chi connectivity index (χ2v) is 10.3. The lowest BCUT2D eigenvalue weighted by atomic mass is 9.44. The lowest BCUT2D eigenvalue weighted by Gasteiger charge is -2.59. The van der Waals surface area contributed by atoms with Crippen molar-refractivity contribution in [2.45, 2.75) is 72.1 Å². The van der Waals surface area contributed by atoms with Gasteiger partial charge in [0.2, 0.25) is 5.78 Å². The van der Waals surface area contributed by atoms with Gasteiger partial charge in [0.15, 0.2) is 0 Å². The molecule has 4 fully saturated rings. The molecule has 4 saturated carbocycles. The van der Waals surface area contributed by atoms with Gasteiger partial charge in [0, 0.05) is 13.0 Å². The number of aliphatic hydroxyl groups is 1. The lowest BCUT2D eigenvalue weighted by molar-refractivity contribution is -0.133. The summed E-state index contributed by atoms with van der Waals surface area (Å²) in [5, 5.41) is 9.74. The molecule has 4 aliphatic rings. The highest BCUT2D eigenvalue weighted by molar-refractivity contribution is 6.39. The molecule has 0 aromatic rings. The van der Waals surface area contributed by atoms with Crippen LogP contribution in [0.1, 0.15) is 72.1 Å². The number of aliphatic hydroxyl groups excluding tert-OH is 1. The summed E-state index contributed by atoms with van der Waals surface area (Å²) in [5.74, 6) is 3.39. The van der Waals surface area contributed by atoms with E-state index in [2.05, 4.69) is 25.6 Å². The fourth-order valence-corrected chi connectivity index (χ4v) is 8.20. The minimum Gasteiger partial charge on any atom is -0.396 e. The first-order chi connectivity index (χ1) is 12.4. The molecule has 0 aromatic carbocycles. The summed E-state index contributed by atoms with van der Waals surface area (Å²) in [5.41, 5.74) is 10.4. The molecule has 4 rings (SSSR count). The van der Waals surface area contributed by atoms with Gasteiger partial charge in [-0.15, -0.1) is 0 Å². The fourth-order valence-electron chi connectivity index (χ4n) is 8.20. The molecule has 8 atom stereocenters. The molecule has 0 aliphatic heterocycles. The summed E-state index contributed by atoms with van der Waals surface area (Å²) in [4.78, 5) is 15.7.